The van der Waals surface area contributed by atoms with E-state index in [0.29, 0.717) is 6.42 Å². The van der Waals surface area contributed by atoms with Crippen molar-refractivity contribution in [2.24, 2.45) is 5.73 Å². The van der Waals surface area contributed by atoms with Gasteiger partial charge in [-0.15, -0.1) is 0 Å². The van der Waals surface area contributed by atoms with E-state index in [-0.39, 0.29) is 11.3 Å². The van der Waals surface area contributed by atoms with Gasteiger partial charge in [0.1, 0.15) is 0 Å². The number of nitrogens with one attached hydrogen (secondary N) is 1. The van der Waals surface area contributed by atoms with Crippen molar-refractivity contribution in [3.05, 3.63) is 34.4 Å². The fraction of sp³-hybridized carbons (Fsp3) is 0.562. The molecule has 1 amide bonds. The molecule has 0 fully saturated rings. The minimum atomic E-state index is -0.483. The molecule has 0 radical (unpaired) electrons. The van der Waals surface area contributed by atoms with Gasteiger partial charge in [0.05, 0.1) is 6.04 Å². The third-order valence-corrected chi connectivity index (χ3v) is 3.57. The van der Waals surface area contributed by atoms with Crippen LogP contribution in [0.4, 0.5) is 0 Å². The third-order valence-electron chi connectivity index (χ3n) is 3.57. The minimum absolute atomic E-state index is 0.112. The molecule has 0 aliphatic rings. The number of carbonyl (C=O) groups excluding carboxylic acids is 1. The van der Waals surface area contributed by atoms with Gasteiger partial charge in [0, 0.05) is 7.05 Å². The molecule has 106 valence electrons. The maximum Gasteiger partial charge on any atom is 0.237 e. The molecular formula is C16H26N2O. The van der Waals surface area contributed by atoms with Crippen LogP contribution in [0.5, 0.6) is 0 Å². The fourth-order valence-electron chi connectivity index (χ4n) is 2.25. The van der Waals surface area contributed by atoms with Gasteiger partial charge >= 0.3 is 0 Å². The van der Waals surface area contributed by atoms with E-state index in [1.165, 1.54) is 22.3 Å². The molecule has 0 heterocycles. The molecule has 0 aliphatic carbocycles. The summed E-state index contributed by atoms with van der Waals surface area (Å²) in [4.78, 5) is 11.5. The monoisotopic (exact) mass is 262 g/mol. The largest absolute Gasteiger partial charge is 0.358 e. The number of carbonyl (C=O) groups is 1. The van der Waals surface area contributed by atoms with Crippen LogP contribution < -0.4 is 11.1 Å². The van der Waals surface area contributed by atoms with Gasteiger partial charge in [-0.1, -0.05) is 32.9 Å². The first-order chi connectivity index (χ1) is 8.66. The van der Waals surface area contributed by atoms with Gasteiger partial charge < -0.3 is 11.1 Å². The van der Waals surface area contributed by atoms with Crippen LogP contribution >= 0.6 is 0 Å². The average molecular weight is 262 g/mol. The molecule has 1 aromatic carbocycles. The molecule has 1 aromatic rings. The highest BCUT2D eigenvalue weighted by Gasteiger charge is 2.19. The molecule has 0 aliphatic heterocycles. The zero-order valence-corrected chi connectivity index (χ0v) is 12.9. The van der Waals surface area contributed by atoms with Crippen LogP contribution in [-0.2, 0) is 16.6 Å². The second kappa shape index (κ2) is 5.74. The van der Waals surface area contributed by atoms with Crippen LogP contribution in [0, 0.1) is 13.8 Å². The molecule has 1 unspecified atom stereocenters. The summed E-state index contributed by atoms with van der Waals surface area (Å²) in [5.74, 6) is -0.112. The lowest BCUT2D eigenvalue weighted by Crippen LogP contribution is -2.40. The molecule has 19 heavy (non-hydrogen) atoms. The van der Waals surface area contributed by atoms with Crippen molar-refractivity contribution in [1.82, 2.24) is 5.32 Å². The molecule has 0 saturated carbocycles. The molecule has 3 nitrogen and oxygen atoms in total. The lowest BCUT2D eigenvalue weighted by Gasteiger charge is -2.23. The summed E-state index contributed by atoms with van der Waals surface area (Å²) in [6.07, 6.45) is 0.585. The van der Waals surface area contributed by atoms with Gasteiger partial charge in [-0.05, 0) is 47.9 Å². The normalized spacial score (nSPS) is 13.2. The predicted octanol–water partition coefficient (Wildman–Crippen LogP) is 2.22. The fourth-order valence-corrected chi connectivity index (χ4v) is 2.25. The van der Waals surface area contributed by atoms with Crippen LogP contribution in [0.25, 0.3) is 0 Å². The van der Waals surface area contributed by atoms with E-state index in [2.05, 4.69) is 52.1 Å². The first-order valence-electron chi connectivity index (χ1n) is 6.74. The Bertz CT molecular complexity index is 449. The molecule has 0 aromatic heterocycles. The van der Waals surface area contributed by atoms with E-state index in [1.54, 1.807) is 7.05 Å². The van der Waals surface area contributed by atoms with Gasteiger partial charge in [-0.3, -0.25) is 4.79 Å². The molecule has 0 bridgehead atoms. The quantitative estimate of drug-likeness (QED) is 0.877. The van der Waals surface area contributed by atoms with Gasteiger partial charge in [0.25, 0.3) is 0 Å². The van der Waals surface area contributed by atoms with E-state index in [9.17, 15) is 4.79 Å². The standard InChI is InChI=1S/C16H26N2O/c1-10-7-12(16(3,4)5)8-11(2)13(10)9-14(17)15(19)18-6/h7-8,14H,9,17H2,1-6H3,(H,18,19). The molecule has 0 spiro atoms. The third kappa shape index (κ3) is 3.80. The Hall–Kier alpha value is -1.35. The average Bonchev–Trinajstić information content (AvgIpc) is 2.30. The van der Waals surface area contributed by atoms with Gasteiger partial charge in [-0.25, -0.2) is 0 Å². The highest BCUT2D eigenvalue weighted by molar-refractivity contribution is 5.81. The number of benzene rings is 1. The maximum absolute atomic E-state index is 11.5. The second-order valence-corrected chi connectivity index (χ2v) is 6.26. The van der Waals surface area contributed by atoms with E-state index >= 15 is 0 Å². The summed E-state index contributed by atoms with van der Waals surface area (Å²) in [5, 5.41) is 2.60. The maximum atomic E-state index is 11.5. The Morgan fingerprint density at radius 2 is 1.74 bits per heavy atom. The Kier molecular flexibility index (Phi) is 4.75. The highest BCUT2D eigenvalue weighted by Crippen LogP contribution is 2.27. The topological polar surface area (TPSA) is 55.1 Å². The van der Waals surface area contributed by atoms with Crippen molar-refractivity contribution in [2.45, 2.75) is 52.5 Å². The number of aryl methyl sites for hydroxylation is 2. The zero-order valence-electron chi connectivity index (χ0n) is 12.9. The molecule has 3 N–H and O–H groups in total. The molecule has 0 saturated heterocycles. The first-order valence-corrected chi connectivity index (χ1v) is 6.74. The SMILES string of the molecule is CNC(=O)C(N)Cc1c(C)cc(C(C)(C)C)cc1C. The van der Waals surface area contributed by atoms with E-state index in [4.69, 9.17) is 5.73 Å². The molecule has 3 heteroatoms. The van der Waals surface area contributed by atoms with Crippen LogP contribution in [0.3, 0.4) is 0 Å². The summed E-state index contributed by atoms with van der Waals surface area (Å²) in [5.41, 5.74) is 11.0. The van der Waals surface area contributed by atoms with Crippen molar-refractivity contribution in [1.29, 1.82) is 0 Å². The lowest BCUT2D eigenvalue weighted by molar-refractivity contribution is -0.121. The van der Waals surface area contributed by atoms with E-state index < -0.39 is 6.04 Å². The Balaban J connectivity index is 3.08. The van der Waals surface area contributed by atoms with E-state index in [1.807, 2.05) is 0 Å². The van der Waals surface area contributed by atoms with Crippen molar-refractivity contribution >= 4 is 5.91 Å². The van der Waals surface area contributed by atoms with Crippen LogP contribution in [0.15, 0.2) is 12.1 Å². The minimum Gasteiger partial charge on any atom is -0.358 e. The number of amides is 1. The second-order valence-electron chi connectivity index (χ2n) is 6.26. The lowest BCUT2D eigenvalue weighted by atomic mass is 9.83. The Labute approximate surface area is 116 Å². The number of hydrogen-bond donors (Lipinski definition) is 2. The Morgan fingerprint density at radius 1 is 1.26 bits per heavy atom. The number of nitrogens with two attached hydrogens (primary N) is 1. The Morgan fingerprint density at radius 3 is 2.11 bits per heavy atom. The highest BCUT2D eigenvalue weighted by atomic mass is 16.2. The van der Waals surface area contributed by atoms with Gasteiger partial charge in [0.15, 0.2) is 0 Å². The zero-order chi connectivity index (χ0) is 14.8. The summed E-state index contributed by atoms with van der Waals surface area (Å²) in [6, 6.07) is 3.93. The smallest absolute Gasteiger partial charge is 0.237 e. The molecule has 1 atom stereocenters. The number of hydrogen-bond acceptors (Lipinski definition) is 2. The summed E-state index contributed by atoms with van der Waals surface area (Å²) < 4.78 is 0. The van der Waals surface area contributed by atoms with Crippen molar-refractivity contribution < 1.29 is 4.79 Å². The molecular weight excluding hydrogens is 236 g/mol. The van der Waals surface area contributed by atoms with Crippen molar-refractivity contribution in [3.8, 4) is 0 Å². The van der Waals surface area contributed by atoms with Crippen molar-refractivity contribution in [2.75, 3.05) is 7.05 Å². The molecule has 1 rings (SSSR count). The van der Waals surface area contributed by atoms with E-state index in [0.717, 1.165) is 0 Å². The van der Waals surface area contributed by atoms with Crippen LogP contribution in [0.1, 0.15) is 43.0 Å². The summed E-state index contributed by atoms with van der Waals surface area (Å²) >= 11 is 0. The number of likely N-dealkylation sites (N-methyl/N-ethyl adjacent to an activating group) is 1. The number of rotatable bonds is 3. The van der Waals surface area contributed by atoms with Gasteiger partial charge in [0.2, 0.25) is 5.91 Å². The summed E-state index contributed by atoms with van der Waals surface area (Å²) in [7, 11) is 1.62. The van der Waals surface area contributed by atoms with Gasteiger partial charge in [-0.2, -0.15) is 0 Å². The summed E-state index contributed by atoms with van der Waals surface area (Å²) in [6.45, 7) is 10.8. The first kappa shape index (κ1) is 15.7. The van der Waals surface area contributed by atoms with Crippen LogP contribution in [0.2, 0.25) is 0 Å². The van der Waals surface area contributed by atoms with Crippen molar-refractivity contribution in [3.63, 3.8) is 0 Å². The predicted molar refractivity (Wildman–Crippen MR) is 80.4 cm³/mol. The van der Waals surface area contributed by atoms with Crippen LogP contribution in [-0.4, -0.2) is 19.0 Å².